The van der Waals surface area contributed by atoms with Crippen LogP contribution in [0.2, 0.25) is 0 Å². The van der Waals surface area contributed by atoms with Crippen molar-refractivity contribution in [2.75, 3.05) is 39.3 Å². The van der Waals surface area contributed by atoms with E-state index in [-0.39, 0.29) is 29.6 Å². The first-order chi connectivity index (χ1) is 13.6. The molecule has 152 valence electrons. The Morgan fingerprint density at radius 1 is 0.786 bits per heavy atom. The molecular weight excluding hydrogens is 374 g/mol. The number of carbonyl (C=O) groups is 3. The molecule has 28 heavy (non-hydrogen) atoms. The molecule has 3 fully saturated rings. The van der Waals surface area contributed by atoms with Crippen LogP contribution in [0.5, 0.6) is 0 Å². The van der Waals surface area contributed by atoms with Gasteiger partial charge < -0.3 is 14.7 Å². The number of hydrogen-bond donors (Lipinski definition) is 0. The third kappa shape index (κ3) is 4.09. The second-order valence-corrected chi connectivity index (χ2v) is 9.15. The highest BCUT2D eigenvalue weighted by atomic mass is 32.1. The van der Waals surface area contributed by atoms with Crippen molar-refractivity contribution in [1.29, 1.82) is 0 Å². The molecule has 1 aromatic heterocycles. The van der Waals surface area contributed by atoms with E-state index < -0.39 is 0 Å². The first-order valence-corrected chi connectivity index (χ1v) is 11.4. The number of piperidine rings is 2. The van der Waals surface area contributed by atoms with Crippen molar-refractivity contribution in [3.05, 3.63) is 22.4 Å². The molecule has 4 rings (SSSR count). The van der Waals surface area contributed by atoms with Crippen molar-refractivity contribution in [2.24, 2.45) is 11.8 Å². The lowest BCUT2D eigenvalue weighted by atomic mass is 9.92. The van der Waals surface area contributed by atoms with Crippen LogP contribution >= 0.6 is 11.3 Å². The molecule has 0 spiro atoms. The largest absolute Gasteiger partial charge is 0.342 e. The Balaban J connectivity index is 1.30. The lowest BCUT2D eigenvalue weighted by molar-refractivity contribution is -0.143. The minimum atomic E-state index is -0.108. The van der Waals surface area contributed by atoms with Crippen LogP contribution in [-0.4, -0.2) is 71.7 Å². The maximum Gasteiger partial charge on any atom is 0.263 e. The normalized spacial score (nSPS) is 23.9. The summed E-state index contributed by atoms with van der Waals surface area (Å²) in [6.45, 7) is 4.37. The average Bonchev–Trinajstić information content (AvgIpc) is 3.47. The van der Waals surface area contributed by atoms with E-state index in [4.69, 9.17) is 0 Å². The molecule has 0 bridgehead atoms. The van der Waals surface area contributed by atoms with E-state index in [1.165, 1.54) is 11.3 Å². The fourth-order valence-corrected chi connectivity index (χ4v) is 5.41. The number of amides is 3. The zero-order valence-electron chi connectivity index (χ0n) is 16.3. The second-order valence-electron chi connectivity index (χ2n) is 8.20. The molecule has 1 unspecified atom stereocenters. The van der Waals surface area contributed by atoms with Gasteiger partial charge in [0.25, 0.3) is 5.91 Å². The van der Waals surface area contributed by atoms with E-state index in [9.17, 15) is 14.4 Å². The zero-order valence-corrected chi connectivity index (χ0v) is 17.2. The molecule has 7 heteroatoms. The molecule has 0 radical (unpaired) electrons. The summed E-state index contributed by atoms with van der Waals surface area (Å²) >= 11 is 1.45. The minimum Gasteiger partial charge on any atom is -0.342 e. The zero-order chi connectivity index (χ0) is 19.5. The van der Waals surface area contributed by atoms with Crippen LogP contribution < -0.4 is 0 Å². The number of carbonyl (C=O) groups excluding carboxylic acids is 3. The summed E-state index contributed by atoms with van der Waals surface area (Å²) in [6.07, 6.45) is 5.49. The van der Waals surface area contributed by atoms with Crippen LogP contribution in [0, 0.1) is 11.8 Å². The van der Waals surface area contributed by atoms with Crippen LogP contribution in [0.3, 0.4) is 0 Å². The van der Waals surface area contributed by atoms with Crippen molar-refractivity contribution >= 4 is 29.1 Å². The Bertz CT molecular complexity index is 706. The minimum absolute atomic E-state index is 0.0439. The first-order valence-electron chi connectivity index (χ1n) is 10.5. The van der Waals surface area contributed by atoms with Crippen LogP contribution in [0.15, 0.2) is 17.5 Å². The van der Waals surface area contributed by atoms with E-state index >= 15 is 0 Å². The van der Waals surface area contributed by atoms with Gasteiger partial charge in [0, 0.05) is 45.2 Å². The highest BCUT2D eigenvalue weighted by molar-refractivity contribution is 7.12. The van der Waals surface area contributed by atoms with Gasteiger partial charge in [-0.15, -0.1) is 11.3 Å². The van der Waals surface area contributed by atoms with Crippen molar-refractivity contribution in [3.8, 4) is 0 Å². The third-order valence-electron chi connectivity index (χ3n) is 6.36. The van der Waals surface area contributed by atoms with Gasteiger partial charge in [0.1, 0.15) is 0 Å². The fraction of sp³-hybridized carbons (Fsp3) is 0.667. The molecule has 1 aromatic rings. The van der Waals surface area contributed by atoms with E-state index in [1.54, 1.807) is 0 Å². The Hall–Kier alpha value is -1.89. The summed E-state index contributed by atoms with van der Waals surface area (Å²) in [7, 11) is 0. The fourth-order valence-electron chi connectivity index (χ4n) is 4.72. The molecule has 3 amide bonds. The molecule has 1 atom stereocenters. The van der Waals surface area contributed by atoms with Crippen LogP contribution in [0.1, 0.15) is 48.2 Å². The van der Waals surface area contributed by atoms with E-state index in [1.807, 2.05) is 32.2 Å². The van der Waals surface area contributed by atoms with Crippen molar-refractivity contribution in [1.82, 2.24) is 14.7 Å². The Morgan fingerprint density at radius 3 is 2.11 bits per heavy atom. The van der Waals surface area contributed by atoms with E-state index in [0.29, 0.717) is 19.6 Å². The molecule has 3 aliphatic rings. The van der Waals surface area contributed by atoms with Gasteiger partial charge >= 0.3 is 0 Å². The van der Waals surface area contributed by atoms with Crippen LogP contribution in [0.25, 0.3) is 0 Å². The van der Waals surface area contributed by atoms with Gasteiger partial charge in [-0.1, -0.05) is 6.07 Å². The van der Waals surface area contributed by atoms with Crippen molar-refractivity contribution in [2.45, 2.75) is 38.5 Å². The summed E-state index contributed by atoms with van der Waals surface area (Å²) in [4.78, 5) is 44.7. The van der Waals surface area contributed by atoms with Gasteiger partial charge in [0.2, 0.25) is 11.8 Å². The lowest BCUT2D eigenvalue weighted by Gasteiger charge is -2.38. The number of thiophene rings is 1. The molecule has 0 aromatic carbocycles. The van der Waals surface area contributed by atoms with Gasteiger partial charge in [0.05, 0.1) is 10.8 Å². The van der Waals surface area contributed by atoms with E-state index in [2.05, 4.69) is 0 Å². The highest BCUT2D eigenvalue weighted by Crippen LogP contribution is 2.26. The van der Waals surface area contributed by atoms with Gasteiger partial charge in [-0.25, -0.2) is 0 Å². The highest BCUT2D eigenvalue weighted by Gasteiger charge is 2.35. The summed E-state index contributed by atoms with van der Waals surface area (Å²) in [5, 5.41) is 1.91. The Labute approximate surface area is 170 Å². The molecule has 0 saturated carbocycles. The smallest absolute Gasteiger partial charge is 0.263 e. The van der Waals surface area contributed by atoms with Gasteiger partial charge in [-0.3, -0.25) is 14.4 Å². The quantitative estimate of drug-likeness (QED) is 0.779. The maximum absolute atomic E-state index is 13.0. The molecule has 3 aliphatic heterocycles. The summed E-state index contributed by atoms with van der Waals surface area (Å²) in [5.74, 6) is 0.460. The lowest BCUT2D eigenvalue weighted by Crippen LogP contribution is -2.49. The number of nitrogens with zero attached hydrogens (tertiary/aromatic N) is 3. The number of likely N-dealkylation sites (tertiary alicyclic amines) is 3. The predicted octanol–water partition coefficient (Wildman–Crippen LogP) is 2.46. The molecule has 0 N–H and O–H groups in total. The molecule has 3 saturated heterocycles. The monoisotopic (exact) mass is 403 g/mol. The summed E-state index contributed by atoms with van der Waals surface area (Å²) in [6, 6.07) is 3.73. The maximum atomic E-state index is 13.0. The molecule has 4 heterocycles. The predicted molar refractivity (Wildman–Crippen MR) is 108 cm³/mol. The average molecular weight is 404 g/mol. The van der Waals surface area contributed by atoms with Gasteiger partial charge in [-0.05, 0) is 50.0 Å². The Kier molecular flexibility index (Phi) is 5.99. The summed E-state index contributed by atoms with van der Waals surface area (Å²) in [5.41, 5.74) is 0. The molecule has 0 aliphatic carbocycles. The first kappa shape index (κ1) is 19.4. The Morgan fingerprint density at radius 2 is 1.43 bits per heavy atom. The second kappa shape index (κ2) is 8.64. The SMILES string of the molecule is O=C(c1cccs1)N1CCCC(C(=O)N2CCC(C(=O)N3CCCC3)CC2)C1. The molecular formula is C21H29N3O3S. The van der Waals surface area contributed by atoms with Gasteiger partial charge in [0.15, 0.2) is 0 Å². The third-order valence-corrected chi connectivity index (χ3v) is 7.22. The molecule has 6 nitrogen and oxygen atoms in total. The standard InChI is InChI=1S/C21H29N3O3S/c25-19(22-9-1-2-10-22)16-7-12-23(13-8-16)20(26)17-5-3-11-24(15-17)21(27)18-6-4-14-28-18/h4,6,14,16-17H,1-3,5,7-13,15H2. The van der Waals surface area contributed by atoms with Gasteiger partial charge in [-0.2, -0.15) is 0 Å². The topological polar surface area (TPSA) is 60.9 Å². The number of rotatable bonds is 3. The van der Waals surface area contributed by atoms with Crippen molar-refractivity contribution in [3.63, 3.8) is 0 Å². The summed E-state index contributed by atoms with van der Waals surface area (Å²) < 4.78 is 0. The van der Waals surface area contributed by atoms with E-state index in [0.717, 1.165) is 63.0 Å². The number of hydrogen-bond acceptors (Lipinski definition) is 4. The van der Waals surface area contributed by atoms with Crippen molar-refractivity contribution < 1.29 is 14.4 Å². The van der Waals surface area contributed by atoms with Crippen LogP contribution in [0.4, 0.5) is 0 Å². The van der Waals surface area contributed by atoms with Crippen LogP contribution in [-0.2, 0) is 9.59 Å².